The fraction of sp³-hybridized carbons (Fsp3) is 0.160. The van der Waals surface area contributed by atoms with E-state index in [0.29, 0.717) is 12.3 Å². The van der Waals surface area contributed by atoms with Crippen LogP contribution < -0.4 is 5.32 Å². The number of aryl methyl sites for hydroxylation is 2. The second kappa shape index (κ2) is 8.76. The quantitative estimate of drug-likeness (QED) is 0.380. The summed E-state index contributed by atoms with van der Waals surface area (Å²) in [4.78, 5) is 13.5. The summed E-state index contributed by atoms with van der Waals surface area (Å²) in [5, 5.41) is 4.08. The lowest BCUT2D eigenvalue weighted by Gasteiger charge is -2.07. The van der Waals surface area contributed by atoms with Crippen molar-refractivity contribution in [1.82, 2.24) is 4.57 Å². The van der Waals surface area contributed by atoms with E-state index in [9.17, 15) is 9.18 Å². The molecule has 5 heteroatoms. The van der Waals surface area contributed by atoms with Gasteiger partial charge in [-0.25, -0.2) is 4.39 Å². The molecule has 0 saturated heterocycles. The zero-order chi connectivity index (χ0) is 21.1. The van der Waals surface area contributed by atoms with Gasteiger partial charge in [0, 0.05) is 34.2 Å². The van der Waals surface area contributed by atoms with Gasteiger partial charge in [0.1, 0.15) is 5.82 Å². The largest absolute Gasteiger partial charge is 0.342 e. The van der Waals surface area contributed by atoms with Crippen molar-refractivity contribution in [3.63, 3.8) is 0 Å². The molecule has 0 atom stereocenters. The summed E-state index contributed by atoms with van der Waals surface area (Å²) in [5.41, 5.74) is 5.04. The molecule has 0 aliphatic heterocycles. The van der Waals surface area contributed by atoms with Crippen LogP contribution in [0.2, 0.25) is 0 Å². The van der Waals surface area contributed by atoms with Crippen LogP contribution in [0.15, 0.2) is 77.8 Å². The number of carbonyl (C=O) groups is 1. The molecule has 0 saturated carbocycles. The molecule has 0 unspecified atom stereocenters. The third kappa shape index (κ3) is 4.74. The van der Waals surface area contributed by atoms with Gasteiger partial charge < -0.3 is 9.88 Å². The van der Waals surface area contributed by atoms with Crippen LogP contribution in [0.25, 0.3) is 10.9 Å². The Morgan fingerprint density at radius 2 is 1.77 bits per heavy atom. The van der Waals surface area contributed by atoms with Gasteiger partial charge in [0.2, 0.25) is 5.91 Å². The Kier molecular flexibility index (Phi) is 5.91. The normalized spacial score (nSPS) is 11.0. The number of aromatic nitrogens is 1. The van der Waals surface area contributed by atoms with Gasteiger partial charge in [0.05, 0.1) is 5.75 Å². The Morgan fingerprint density at radius 3 is 2.53 bits per heavy atom. The van der Waals surface area contributed by atoms with Crippen molar-refractivity contribution >= 4 is 34.3 Å². The molecule has 4 aromatic rings. The minimum Gasteiger partial charge on any atom is -0.342 e. The number of amides is 1. The SMILES string of the molecule is Cc1cc(C)cc(NC(=O)CSc2cn(Cc3cccc(F)c3)c3ccccc23)c1. The van der Waals surface area contributed by atoms with Gasteiger partial charge in [-0.3, -0.25) is 4.79 Å². The fourth-order valence-corrected chi connectivity index (χ4v) is 4.57. The molecule has 1 amide bonds. The van der Waals surface area contributed by atoms with Gasteiger partial charge in [-0.15, -0.1) is 11.8 Å². The number of halogens is 1. The topological polar surface area (TPSA) is 34.0 Å². The molecule has 0 aliphatic rings. The highest BCUT2D eigenvalue weighted by Gasteiger charge is 2.12. The molecule has 1 N–H and O–H groups in total. The fourth-order valence-electron chi connectivity index (χ4n) is 3.68. The maximum atomic E-state index is 13.6. The van der Waals surface area contributed by atoms with E-state index in [4.69, 9.17) is 0 Å². The van der Waals surface area contributed by atoms with Crippen LogP contribution in [0.1, 0.15) is 16.7 Å². The molecule has 3 aromatic carbocycles. The van der Waals surface area contributed by atoms with Crippen molar-refractivity contribution in [2.45, 2.75) is 25.3 Å². The van der Waals surface area contributed by atoms with Crippen molar-refractivity contribution in [2.75, 3.05) is 11.1 Å². The van der Waals surface area contributed by atoms with E-state index in [1.807, 2.05) is 56.4 Å². The number of benzene rings is 3. The Balaban J connectivity index is 1.50. The molecule has 1 aromatic heterocycles. The Labute approximate surface area is 179 Å². The summed E-state index contributed by atoms with van der Waals surface area (Å²) >= 11 is 1.51. The summed E-state index contributed by atoms with van der Waals surface area (Å²) in [6.45, 7) is 4.61. The van der Waals surface area contributed by atoms with Crippen LogP contribution in [0.3, 0.4) is 0 Å². The molecule has 152 valence electrons. The minimum atomic E-state index is -0.235. The van der Waals surface area contributed by atoms with Gasteiger partial charge in [-0.05, 0) is 60.9 Å². The molecule has 0 bridgehead atoms. The number of anilines is 1. The van der Waals surface area contributed by atoms with Crippen molar-refractivity contribution in [3.05, 3.63) is 95.4 Å². The maximum absolute atomic E-state index is 13.6. The van der Waals surface area contributed by atoms with E-state index in [1.165, 1.54) is 17.8 Å². The Morgan fingerprint density at radius 1 is 1.00 bits per heavy atom. The lowest BCUT2D eigenvalue weighted by Crippen LogP contribution is -2.14. The van der Waals surface area contributed by atoms with Crippen LogP contribution in [0.4, 0.5) is 10.1 Å². The molecule has 0 fully saturated rings. The smallest absolute Gasteiger partial charge is 0.234 e. The van der Waals surface area contributed by atoms with E-state index >= 15 is 0 Å². The second-order valence-corrected chi connectivity index (χ2v) is 8.50. The Bertz CT molecular complexity index is 1190. The summed E-state index contributed by atoms with van der Waals surface area (Å²) < 4.78 is 15.7. The summed E-state index contributed by atoms with van der Waals surface area (Å²) in [5.74, 6) is 0.0506. The third-order valence-corrected chi connectivity index (χ3v) is 5.90. The zero-order valence-electron chi connectivity index (χ0n) is 17.0. The van der Waals surface area contributed by atoms with Gasteiger partial charge in [-0.1, -0.05) is 36.4 Å². The van der Waals surface area contributed by atoms with Crippen LogP contribution in [0.5, 0.6) is 0 Å². The average Bonchev–Trinajstić information content (AvgIpc) is 3.03. The molecular formula is C25H23FN2OS. The summed E-state index contributed by atoms with van der Waals surface area (Å²) in [7, 11) is 0. The van der Waals surface area contributed by atoms with Gasteiger partial charge in [0.25, 0.3) is 0 Å². The predicted molar refractivity (Wildman–Crippen MR) is 123 cm³/mol. The van der Waals surface area contributed by atoms with Crippen molar-refractivity contribution < 1.29 is 9.18 Å². The number of hydrogen-bond donors (Lipinski definition) is 1. The standard InChI is InChI=1S/C25H23FN2OS/c1-17-10-18(2)12-21(11-17)27-25(29)16-30-24-15-28(23-9-4-3-8-22(23)24)14-19-6-5-7-20(26)13-19/h3-13,15H,14,16H2,1-2H3,(H,27,29). The third-order valence-electron chi connectivity index (χ3n) is 4.86. The van der Waals surface area contributed by atoms with Crippen LogP contribution in [-0.2, 0) is 11.3 Å². The molecule has 0 spiro atoms. The number of hydrogen-bond acceptors (Lipinski definition) is 2. The van der Waals surface area contributed by atoms with E-state index in [2.05, 4.69) is 22.0 Å². The highest BCUT2D eigenvalue weighted by atomic mass is 32.2. The molecule has 0 radical (unpaired) electrons. The van der Waals surface area contributed by atoms with Gasteiger partial charge in [0.15, 0.2) is 0 Å². The van der Waals surface area contributed by atoms with Crippen molar-refractivity contribution in [1.29, 1.82) is 0 Å². The highest BCUT2D eigenvalue weighted by molar-refractivity contribution is 8.00. The predicted octanol–water partition coefficient (Wildman–Crippen LogP) is 6.18. The number of thioether (sulfide) groups is 1. The monoisotopic (exact) mass is 418 g/mol. The summed E-state index contributed by atoms with van der Waals surface area (Å²) in [6.07, 6.45) is 2.05. The van der Waals surface area contributed by atoms with E-state index in [1.54, 1.807) is 12.1 Å². The molecule has 1 heterocycles. The van der Waals surface area contributed by atoms with Crippen LogP contribution >= 0.6 is 11.8 Å². The Hall–Kier alpha value is -3.05. The molecule has 4 rings (SSSR count). The molecule has 30 heavy (non-hydrogen) atoms. The highest BCUT2D eigenvalue weighted by Crippen LogP contribution is 2.30. The molecule has 0 aliphatic carbocycles. The van der Waals surface area contributed by atoms with Crippen LogP contribution in [0, 0.1) is 19.7 Å². The first-order chi connectivity index (χ1) is 14.5. The number of nitrogens with zero attached hydrogens (tertiary/aromatic N) is 1. The lowest BCUT2D eigenvalue weighted by atomic mass is 10.1. The van der Waals surface area contributed by atoms with E-state index in [0.717, 1.165) is 38.2 Å². The van der Waals surface area contributed by atoms with Crippen molar-refractivity contribution in [2.24, 2.45) is 0 Å². The summed E-state index contributed by atoms with van der Waals surface area (Å²) in [6, 6.07) is 20.8. The minimum absolute atomic E-state index is 0.0352. The van der Waals surface area contributed by atoms with Crippen molar-refractivity contribution in [3.8, 4) is 0 Å². The zero-order valence-corrected chi connectivity index (χ0v) is 17.8. The van der Waals surface area contributed by atoms with Gasteiger partial charge in [-0.2, -0.15) is 0 Å². The van der Waals surface area contributed by atoms with Crippen LogP contribution in [-0.4, -0.2) is 16.2 Å². The number of para-hydroxylation sites is 1. The molecule has 3 nitrogen and oxygen atoms in total. The van der Waals surface area contributed by atoms with E-state index in [-0.39, 0.29) is 11.7 Å². The first-order valence-electron chi connectivity index (χ1n) is 9.81. The number of fused-ring (bicyclic) bond motifs is 1. The number of carbonyl (C=O) groups excluding carboxylic acids is 1. The second-order valence-electron chi connectivity index (χ2n) is 7.48. The van der Waals surface area contributed by atoms with E-state index < -0.39 is 0 Å². The first kappa shape index (κ1) is 20.2. The maximum Gasteiger partial charge on any atom is 0.234 e. The average molecular weight is 419 g/mol. The molecular weight excluding hydrogens is 395 g/mol. The lowest BCUT2D eigenvalue weighted by molar-refractivity contribution is -0.113. The first-order valence-corrected chi connectivity index (χ1v) is 10.8. The number of nitrogens with one attached hydrogen (secondary N) is 1. The number of rotatable bonds is 6. The van der Waals surface area contributed by atoms with Gasteiger partial charge >= 0.3 is 0 Å².